The van der Waals surface area contributed by atoms with Gasteiger partial charge in [0.25, 0.3) is 5.91 Å². The summed E-state index contributed by atoms with van der Waals surface area (Å²) in [7, 11) is 0. The highest BCUT2D eigenvalue weighted by Gasteiger charge is 2.44. The maximum absolute atomic E-state index is 13.4. The number of aromatic nitrogens is 4. The van der Waals surface area contributed by atoms with Gasteiger partial charge in [-0.05, 0) is 56.0 Å². The normalized spacial score (nSPS) is 20.2. The number of piperidine rings is 1. The second kappa shape index (κ2) is 7.58. The van der Waals surface area contributed by atoms with Crippen molar-refractivity contribution in [3.8, 4) is 11.5 Å². The number of amides is 1. The number of nitrogens with zero attached hydrogens (tertiary/aromatic N) is 5. The minimum absolute atomic E-state index is 0.146. The Bertz CT molecular complexity index is 1210. The molecule has 0 aliphatic carbocycles. The molecular weight excluding hydrogens is 443 g/mol. The zero-order chi connectivity index (χ0) is 22.6. The molecule has 166 valence electrons. The van der Waals surface area contributed by atoms with E-state index in [1.807, 2.05) is 23.6 Å². The van der Waals surface area contributed by atoms with E-state index in [0.29, 0.717) is 30.3 Å². The number of halogens is 4. The Labute approximate surface area is 187 Å². The van der Waals surface area contributed by atoms with Crippen molar-refractivity contribution in [2.45, 2.75) is 51.0 Å². The minimum atomic E-state index is -4.64. The lowest BCUT2D eigenvalue weighted by Gasteiger charge is -2.45. The third-order valence-corrected chi connectivity index (χ3v) is 6.54. The van der Waals surface area contributed by atoms with Crippen molar-refractivity contribution < 1.29 is 18.0 Å². The average Bonchev–Trinajstić information content (AvgIpc) is 3.16. The van der Waals surface area contributed by atoms with Crippen LogP contribution < -0.4 is 0 Å². The first-order valence-electron chi connectivity index (χ1n) is 10.3. The molecule has 10 heteroatoms. The molecule has 2 aliphatic heterocycles. The van der Waals surface area contributed by atoms with Gasteiger partial charge in [-0.2, -0.15) is 13.2 Å². The van der Waals surface area contributed by atoms with E-state index in [1.54, 1.807) is 11.1 Å². The molecule has 2 bridgehead atoms. The van der Waals surface area contributed by atoms with Crippen molar-refractivity contribution in [2.24, 2.45) is 0 Å². The molecule has 1 aromatic carbocycles. The van der Waals surface area contributed by atoms with E-state index in [2.05, 4.69) is 15.2 Å². The summed E-state index contributed by atoms with van der Waals surface area (Å²) in [4.78, 5) is 19.5. The van der Waals surface area contributed by atoms with Gasteiger partial charge in [0, 0.05) is 12.7 Å². The quantitative estimate of drug-likeness (QED) is 0.534. The second-order valence-electron chi connectivity index (χ2n) is 8.19. The molecule has 0 saturated carbocycles. The number of benzene rings is 1. The van der Waals surface area contributed by atoms with Crippen LogP contribution in [0.1, 0.15) is 52.6 Å². The number of hydrogen-bond donors (Lipinski definition) is 0. The van der Waals surface area contributed by atoms with Gasteiger partial charge in [0.2, 0.25) is 0 Å². The highest BCUT2D eigenvalue weighted by molar-refractivity contribution is 6.34. The molecule has 4 heterocycles. The molecule has 0 radical (unpaired) electrons. The lowest BCUT2D eigenvalue weighted by molar-refractivity contribution is -0.137. The van der Waals surface area contributed by atoms with Crippen LogP contribution in [0.2, 0.25) is 5.02 Å². The standard InChI is InChI=1S/C22H19ClF3N5O/c1-12-8-9-27-16(10-12)19-28-29-20-17-7-2-4-13(11-30(19)20)31(17)21(32)14-5-3-6-15(18(14)23)22(24,25)26/h3,5-6,8-10,13,17H,2,4,7,11H2,1H3. The van der Waals surface area contributed by atoms with Crippen molar-refractivity contribution in [1.82, 2.24) is 24.6 Å². The van der Waals surface area contributed by atoms with Gasteiger partial charge in [-0.1, -0.05) is 17.7 Å². The van der Waals surface area contributed by atoms with Crippen LogP contribution in [0.5, 0.6) is 0 Å². The first kappa shape index (κ1) is 20.9. The van der Waals surface area contributed by atoms with E-state index >= 15 is 0 Å². The van der Waals surface area contributed by atoms with Crippen LogP contribution in [-0.4, -0.2) is 36.6 Å². The maximum atomic E-state index is 13.4. The summed E-state index contributed by atoms with van der Waals surface area (Å²) in [6.07, 6.45) is -0.655. The molecule has 5 rings (SSSR count). The largest absolute Gasteiger partial charge is 0.417 e. The van der Waals surface area contributed by atoms with Crippen molar-refractivity contribution in [3.63, 3.8) is 0 Å². The van der Waals surface area contributed by atoms with Crippen LogP contribution in [0.15, 0.2) is 36.5 Å². The van der Waals surface area contributed by atoms with Crippen LogP contribution >= 0.6 is 11.6 Å². The van der Waals surface area contributed by atoms with Gasteiger partial charge in [-0.25, -0.2) is 0 Å². The highest BCUT2D eigenvalue weighted by Crippen LogP contribution is 2.42. The van der Waals surface area contributed by atoms with Gasteiger partial charge in [-0.3, -0.25) is 9.78 Å². The molecular formula is C22H19ClF3N5O. The number of rotatable bonds is 2. The molecule has 2 atom stereocenters. The number of pyridine rings is 1. The van der Waals surface area contributed by atoms with Gasteiger partial charge in [0.05, 0.1) is 28.2 Å². The van der Waals surface area contributed by atoms with Crippen LogP contribution in [0.25, 0.3) is 11.5 Å². The Morgan fingerprint density at radius 2 is 2.00 bits per heavy atom. The third-order valence-electron chi connectivity index (χ3n) is 6.13. The molecule has 3 aromatic rings. The van der Waals surface area contributed by atoms with Gasteiger partial charge in [-0.15, -0.1) is 10.2 Å². The number of hydrogen-bond acceptors (Lipinski definition) is 4. The first-order chi connectivity index (χ1) is 15.3. The van der Waals surface area contributed by atoms with E-state index in [0.717, 1.165) is 24.5 Å². The fourth-order valence-electron chi connectivity index (χ4n) is 4.68. The zero-order valence-electron chi connectivity index (χ0n) is 17.1. The van der Waals surface area contributed by atoms with Crippen molar-refractivity contribution in [2.75, 3.05) is 0 Å². The molecule has 6 nitrogen and oxygen atoms in total. The maximum Gasteiger partial charge on any atom is 0.417 e. The molecule has 2 unspecified atom stereocenters. The van der Waals surface area contributed by atoms with Crippen LogP contribution in [0.4, 0.5) is 13.2 Å². The van der Waals surface area contributed by atoms with E-state index in [1.165, 1.54) is 12.1 Å². The molecule has 2 aromatic heterocycles. The Balaban J connectivity index is 1.55. The number of aryl methyl sites for hydroxylation is 1. The summed E-state index contributed by atoms with van der Waals surface area (Å²) < 4.78 is 41.9. The minimum Gasteiger partial charge on any atom is -0.324 e. The monoisotopic (exact) mass is 461 g/mol. The molecule has 1 fully saturated rings. The van der Waals surface area contributed by atoms with Gasteiger partial charge < -0.3 is 9.47 Å². The number of carbonyl (C=O) groups excluding carboxylic acids is 1. The van der Waals surface area contributed by atoms with Crippen molar-refractivity contribution >= 4 is 17.5 Å². The summed E-state index contributed by atoms with van der Waals surface area (Å²) in [5, 5.41) is 8.12. The SMILES string of the molecule is Cc1ccnc(-c2nnc3n2CC2CCCC3N2C(=O)c2cccc(C(F)(F)F)c2Cl)c1. The van der Waals surface area contributed by atoms with Crippen LogP contribution in [-0.2, 0) is 12.7 Å². The van der Waals surface area contributed by atoms with E-state index in [-0.39, 0.29) is 17.6 Å². The number of alkyl halides is 3. The van der Waals surface area contributed by atoms with Gasteiger partial charge in [0.15, 0.2) is 11.6 Å². The summed E-state index contributed by atoms with van der Waals surface area (Å²) >= 11 is 6.05. The highest BCUT2D eigenvalue weighted by atomic mass is 35.5. The smallest absolute Gasteiger partial charge is 0.324 e. The van der Waals surface area contributed by atoms with Gasteiger partial charge in [0.1, 0.15) is 5.69 Å². The average molecular weight is 462 g/mol. The fraction of sp³-hybridized carbons (Fsp3) is 0.364. The predicted octanol–water partition coefficient (Wildman–Crippen LogP) is 5.07. The lowest BCUT2D eigenvalue weighted by atomic mass is 9.90. The molecule has 0 spiro atoms. The van der Waals surface area contributed by atoms with E-state index in [4.69, 9.17) is 11.6 Å². The van der Waals surface area contributed by atoms with Crippen LogP contribution in [0, 0.1) is 6.92 Å². The number of fused-ring (bicyclic) bond motifs is 4. The molecule has 1 saturated heterocycles. The lowest BCUT2D eigenvalue weighted by Crippen LogP contribution is -2.52. The van der Waals surface area contributed by atoms with Crippen LogP contribution in [0.3, 0.4) is 0 Å². The summed E-state index contributed by atoms with van der Waals surface area (Å²) in [6, 6.07) is 6.68. The second-order valence-corrected chi connectivity index (χ2v) is 8.57. The fourth-order valence-corrected chi connectivity index (χ4v) is 4.99. The molecule has 0 N–H and O–H groups in total. The Morgan fingerprint density at radius 1 is 1.19 bits per heavy atom. The third kappa shape index (κ3) is 3.35. The zero-order valence-corrected chi connectivity index (χ0v) is 17.9. The van der Waals surface area contributed by atoms with E-state index < -0.39 is 22.7 Å². The summed E-state index contributed by atoms with van der Waals surface area (Å²) in [5.74, 6) is 0.737. The molecule has 2 aliphatic rings. The van der Waals surface area contributed by atoms with Crippen molar-refractivity contribution in [3.05, 3.63) is 64.1 Å². The Kier molecular flexibility index (Phi) is 4.96. The van der Waals surface area contributed by atoms with Crippen molar-refractivity contribution in [1.29, 1.82) is 0 Å². The first-order valence-corrected chi connectivity index (χ1v) is 10.7. The predicted molar refractivity (Wildman–Crippen MR) is 111 cm³/mol. The Morgan fingerprint density at radius 3 is 2.75 bits per heavy atom. The summed E-state index contributed by atoms with van der Waals surface area (Å²) in [6.45, 7) is 2.42. The topological polar surface area (TPSA) is 63.9 Å². The Hall–Kier alpha value is -2.94. The summed E-state index contributed by atoms with van der Waals surface area (Å²) in [5.41, 5.74) is 0.581. The van der Waals surface area contributed by atoms with E-state index in [9.17, 15) is 18.0 Å². The number of carbonyl (C=O) groups is 1. The molecule has 1 amide bonds. The molecule has 32 heavy (non-hydrogen) atoms. The van der Waals surface area contributed by atoms with Gasteiger partial charge >= 0.3 is 6.18 Å².